The molecule has 4 nitrogen and oxygen atoms in total. The number of hydrogen-bond acceptors (Lipinski definition) is 3. The maximum Gasteiger partial charge on any atom is 0.0945 e. The van der Waals surface area contributed by atoms with Gasteiger partial charge in [-0.25, -0.2) is 4.98 Å². The molecule has 1 aromatic carbocycles. The van der Waals surface area contributed by atoms with Crippen molar-refractivity contribution in [1.29, 1.82) is 0 Å². The molecule has 0 radical (unpaired) electrons. The minimum atomic E-state index is 0.513. The number of aryl methyl sites for hydroxylation is 2. The van der Waals surface area contributed by atoms with E-state index < -0.39 is 0 Å². The van der Waals surface area contributed by atoms with Gasteiger partial charge in [0.25, 0.3) is 0 Å². The third kappa shape index (κ3) is 3.02. The molecule has 0 bridgehead atoms. The van der Waals surface area contributed by atoms with Crippen LogP contribution in [0.4, 0.5) is 5.69 Å². The zero-order valence-electron chi connectivity index (χ0n) is 11.8. The van der Waals surface area contributed by atoms with E-state index >= 15 is 0 Å². The molecule has 0 saturated carbocycles. The molecule has 0 saturated heterocycles. The van der Waals surface area contributed by atoms with E-state index in [0.717, 1.165) is 25.2 Å². The Morgan fingerprint density at radius 2 is 2.30 bits per heavy atom. The predicted molar refractivity (Wildman–Crippen MR) is 81.4 cm³/mol. The second-order valence-electron chi connectivity index (χ2n) is 5.51. The summed E-state index contributed by atoms with van der Waals surface area (Å²) in [6, 6.07) is 6.83. The van der Waals surface area contributed by atoms with Crippen molar-refractivity contribution >= 4 is 5.69 Å². The first kappa shape index (κ1) is 13.2. The van der Waals surface area contributed by atoms with E-state index in [0.29, 0.717) is 6.04 Å². The van der Waals surface area contributed by atoms with Crippen molar-refractivity contribution in [2.75, 3.05) is 12.3 Å². The van der Waals surface area contributed by atoms with Crippen LogP contribution in [0.3, 0.4) is 0 Å². The number of nitrogens with two attached hydrogens (primary N) is 1. The number of fused-ring (bicyclic) bond motifs is 1. The summed E-state index contributed by atoms with van der Waals surface area (Å²) in [5, 5.41) is 3.67. The van der Waals surface area contributed by atoms with Crippen LogP contribution in [0, 0.1) is 0 Å². The quantitative estimate of drug-likeness (QED) is 0.626. The highest BCUT2D eigenvalue weighted by atomic mass is 15.0. The Kier molecular flexibility index (Phi) is 4.02. The molecular weight excluding hydrogens is 248 g/mol. The number of imidazole rings is 1. The number of nitrogen functional groups attached to an aromatic ring is 1. The van der Waals surface area contributed by atoms with Crippen LogP contribution in [0.25, 0.3) is 0 Å². The number of nitrogens with zero attached hydrogens (tertiary/aromatic N) is 2. The van der Waals surface area contributed by atoms with Gasteiger partial charge in [-0.3, -0.25) is 0 Å². The Morgan fingerprint density at radius 3 is 3.15 bits per heavy atom. The summed E-state index contributed by atoms with van der Waals surface area (Å²) in [4.78, 5) is 4.05. The number of unbranched alkanes of at least 4 members (excludes halogenated alkanes) is 1. The fraction of sp³-hybridized carbons (Fsp3) is 0.438. The summed E-state index contributed by atoms with van der Waals surface area (Å²) in [6.45, 7) is 2.13. The van der Waals surface area contributed by atoms with Crippen molar-refractivity contribution in [3.63, 3.8) is 0 Å². The Labute approximate surface area is 120 Å². The first-order valence-electron chi connectivity index (χ1n) is 7.40. The molecule has 0 amide bonds. The molecular formula is C16H22N4. The number of hydrogen-bond donors (Lipinski definition) is 2. The van der Waals surface area contributed by atoms with Gasteiger partial charge in [0, 0.05) is 30.7 Å². The summed E-state index contributed by atoms with van der Waals surface area (Å²) >= 11 is 0. The molecule has 1 aliphatic carbocycles. The van der Waals surface area contributed by atoms with Crippen molar-refractivity contribution in [2.45, 2.75) is 38.3 Å². The van der Waals surface area contributed by atoms with E-state index in [-0.39, 0.29) is 0 Å². The fourth-order valence-electron chi connectivity index (χ4n) is 2.96. The zero-order chi connectivity index (χ0) is 13.8. The second-order valence-corrected chi connectivity index (χ2v) is 5.51. The van der Waals surface area contributed by atoms with Gasteiger partial charge in [-0.1, -0.05) is 6.07 Å². The molecule has 4 heteroatoms. The highest BCUT2D eigenvalue weighted by molar-refractivity contribution is 5.47. The first-order valence-corrected chi connectivity index (χ1v) is 7.40. The largest absolute Gasteiger partial charge is 0.399 e. The van der Waals surface area contributed by atoms with E-state index in [1.165, 1.54) is 30.4 Å². The van der Waals surface area contributed by atoms with Gasteiger partial charge in [0.05, 0.1) is 6.33 Å². The van der Waals surface area contributed by atoms with E-state index in [2.05, 4.69) is 27.0 Å². The Bertz CT molecular complexity index is 548. The molecule has 2 aromatic rings. The van der Waals surface area contributed by atoms with Crippen molar-refractivity contribution in [2.24, 2.45) is 0 Å². The van der Waals surface area contributed by atoms with Crippen LogP contribution in [0.5, 0.6) is 0 Å². The normalized spacial score (nSPS) is 17.3. The summed E-state index contributed by atoms with van der Waals surface area (Å²) < 4.78 is 2.13. The van der Waals surface area contributed by atoms with Crippen molar-refractivity contribution in [3.05, 3.63) is 48.0 Å². The van der Waals surface area contributed by atoms with E-state index in [1.54, 1.807) is 0 Å². The highest BCUT2D eigenvalue weighted by Crippen LogP contribution is 2.32. The number of anilines is 1. The van der Waals surface area contributed by atoms with Gasteiger partial charge in [0.2, 0.25) is 0 Å². The first-order chi connectivity index (χ1) is 9.83. The van der Waals surface area contributed by atoms with Crippen LogP contribution >= 0.6 is 0 Å². The zero-order valence-corrected chi connectivity index (χ0v) is 11.8. The summed E-state index contributed by atoms with van der Waals surface area (Å²) in [7, 11) is 0. The highest BCUT2D eigenvalue weighted by Gasteiger charge is 2.21. The lowest BCUT2D eigenvalue weighted by atomic mass is 10.1. The molecule has 1 unspecified atom stereocenters. The number of aromatic nitrogens is 2. The molecule has 3 rings (SSSR count). The molecule has 3 N–H and O–H groups in total. The number of benzene rings is 1. The molecule has 1 aromatic heterocycles. The van der Waals surface area contributed by atoms with E-state index in [9.17, 15) is 0 Å². The van der Waals surface area contributed by atoms with Gasteiger partial charge in [-0.2, -0.15) is 0 Å². The van der Waals surface area contributed by atoms with Gasteiger partial charge >= 0.3 is 0 Å². The minimum Gasteiger partial charge on any atom is -0.399 e. The van der Waals surface area contributed by atoms with E-state index in [4.69, 9.17) is 5.73 Å². The minimum absolute atomic E-state index is 0.513. The lowest BCUT2D eigenvalue weighted by molar-refractivity contribution is 0.498. The molecule has 1 atom stereocenters. The molecule has 20 heavy (non-hydrogen) atoms. The van der Waals surface area contributed by atoms with Gasteiger partial charge in [-0.05, 0) is 55.5 Å². The maximum atomic E-state index is 5.83. The van der Waals surface area contributed by atoms with Crippen LogP contribution in [0.1, 0.15) is 36.4 Å². The average Bonchev–Trinajstić information content (AvgIpc) is 3.08. The molecule has 106 valence electrons. The Hall–Kier alpha value is -1.81. The van der Waals surface area contributed by atoms with Gasteiger partial charge in [0.1, 0.15) is 0 Å². The molecule has 0 aliphatic heterocycles. The summed E-state index contributed by atoms with van der Waals surface area (Å²) in [5.41, 5.74) is 9.57. The Morgan fingerprint density at radius 1 is 1.35 bits per heavy atom. The van der Waals surface area contributed by atoms with Gasteiger partial charge < -0.3 is 15.6 Å². The SMILES string of the molecule is Nc1ccc2c(c1)CCC2NCCCCn1ccnc1. The summed E-state index contributed by atoms with van der Waals surface area (Å²) in [5.74, 6) is 0. The van der Waals surface area contributed by atoms with Gasteiger partial charge in [0.15, 0.2) is 0 Å². The van der Waals surface area contributed by atoms with Crippen molar-refractivity contribution in [3.8, 4) is 0 Å². The second kappa shape index (κ2) is 6.09. The molecule has 1 aliphatic rings. The third-order valence-electron chi connectivity index (χ3n) is 4.04. The lowest BCUT2D eigenvalue weighted by Gasteiger charge is -2.14. The van der Waals surface area contributed by atoms with Crippen molar-refractivity contribution < 1.29 is 0 Å². The van der Waals surface area contributed by atoms with Crippen LogP contribution in [0.15, 0.2) is 36.9 Å². The smallest absolute Gasteiger partial charge is 0.0945 e. The number of rotatable bonds is 6. The van der Waals surface area contributed by atoms with Crippen LogP contribution < -0.4 is 11.1 Å². The Balaban J connectivity index is 1.42. The van der Waals surface area contributed by atoms with E-state index in [1.807, 2.05) is 24.8 Å². The molecule has 1 heterocycles. The van der Waals surface area contributed by atoms with Crippen LogP contribution in [0.2, 0.25) is 0 Å². The molecule has 0 spiro atoms. The lowest BCUT2D eigenvalue weighted by Crippen LogP contribution is -2.20. The third-order valence-corrected chi connectivity index (χ3v) is 4.04. The summed E-state index contributed by atoms with van der Waals surface area (Å²) in [6.07, 6.45) is 10.5. The van der Waals surface area contributed by atoms with Gasteiger partial charge in [-0.15, -0.1) is 0 Å². The standard InChI is InChI=1S/C16H22N4/c17-14-4-5-15-13(11-14)3-6-16(15)19-7-1-2-9-20-10-8-18-12-20/h4-5,8,10-12,16,19H,1-3,6-7,9,17H2. The number of nitrogens with one attached hydrogen (secondary N) is 1. The predicted octanol–water partition coefficient (Wildman–Crippen LogP) is 2.52. The van der Waals surface area contributed by atoms with Crippen molar-refractivity contribution in [1.82, 2.24) is 14.9 Å². The molecule has 0 fully saturated rings. The van der Waals surface area contributed by atoms with Crippen LogP contribution in [-0.2, 0) is 13.0 Å². The average molecular weight is 270 g/mol. The fourth-order valence-corrected chi connectivity index (χ4v) is 2.96. The maximum absolute atomic E-state index is 5.83. The van der Waals surface area contributed by atoms with Crippen LogP contribution in [-0.4, -0.2) is 16.1 Å². The monoisotopic (exact) mass is 270 g/mol. The topological polar surface area (TPSA) is 55.9 Å².